The molecule has 0 bridgehead atoms. The predicted molar refractivity (Wildman–Crippen MR) is 55.4 cm³/mol. The lowest BCUT2D eigenvalue weighted by atomic mass is 10.3. The van der Waals surface area contributed by atoms with Crippen LogP contribution in [0.15, 0.2) is 0 Å². The number of Topliss-reactive ketones (excluding diaryl/α,β-unsaturated/α-hetero) is 1. The molecule has 0 saturated carbocycles. The number of carbonyl (C=O) groups excluding carboxylic acids is 1. The molecule has 0 amide bonds. The van der Waals surface area contributed by atoms with E-state index in [9.17, 15) is 4.79 Å². The first kappa shape index (κ1) is 11.6. The summed E-state index contributed by atoms with van der Waals surface area (Å²) in [6.07, 6.45) is 0.543. The molecule has 4 nitrogen and oxygen atoms in total. The molecule has 0 unspecified atom stereocenters. The van der Waals surface area contributed by atoms with E-state index in [1.54, 1.807) is 6.92 Å². The Morgan fingerprint density at radius 3 is 2.71 bits per heavy atom. The molecule has 1 fully saturated rings. The molecule has 0 aromatic rings. The molecule has 0 aromatic carbocycles. The fraction of sp³-hybridized carbons (Fsp3) is 0.900. The van der Waals surface area contributed by atoms with Crippen molar-refractivity contribution in [2.45, 2.75) is 13.3 Å². The van der Waals surface area contributed by atoms with Crippen molar-refractivity contribution in [1.82, 2.24) is 10.2 Å². The van der Waals surface area contributed by atoms with E-state index in [2.05, 4.69) is 10.2 Å². The number of piperazine rings is 1. The zero-order chi connectivity index (χ0) is 10.2. The van der Waals surface area contributed by atoms with Crippen LogP contribution in [-0.4, -0.2) is 56.6 Å². The quantitative estimate of drug-likeness (QED) is 0.607. The van der Waals surface area contributed by atoms with Crippen LogP contribution in [0, 0.1) is 0 Å². The van der Waals surface area contributed by atoms with Gasteiger partial charge >= 0.3 is 0 Å². The number of ketones is 1. The summed E-state index contributed by atoms with van der Waals surface area (Å²) in [5.41, 5.74) is 0. The fourth-order valence-corrected chi connectivity index (χ4v) is 1.45. The molecule has 1 N–H and O–H groups in total. The summed E-state index contributed by atoms with van der Waals surface area (Å²) < 4.78 is 5.36. The molecular formula is C10H20N2O2. The Balaban J connectivity index is 1.90. The molecule has 0 spiro atoms. The van der Waals surface area contributed by atoms with Gasteiger partial charge in [-0.3, -0.25) is 9.69 Å². The number of hydrogen-bond acceptors (Lipinski definition) is 4. The van der Waals surface area contributed by atoms with Crippen molar-refractivity contribution < 1.29 is 9.53 Å². The lowest BCUT2D eigenvalue weighted by Gasteiger charge is -2.26. The summed E-state index contributed by atoms with van der Waals surface area (Å²) in [7, 11) is 0. The SMILES string of the molecule is CC(=O)CCOCCN1CCNCC1. The van der Waals surface area contributed by atoms with E-state index < -0.39 is 0 Å². The monoisotopic (exact) mass is 200 g/mol. The number of nitrogens with zero attached hydrogens (tertiary/aromatic N) is 1. The van der Waals surface area contributed by atoms with E-state index in [4.69, 9.17) is 4.74 Å². The lowest BCUT2D eigenvalue weighted by molar-refractivity contribution is -0.118. The van der Waals surface area contributed by atoms with Crippen molar-refractivity contribution in [2.75, 3.05) is 45.9 Å². The van der Waals surface area contributed by atoms with Crippen LogP contribution in [0.1, 0.15) is 13.3 Å². The molecular weight excluding hydrogens is 180 g/mol. The standard InChI is InChI=1S/C10H20N2O2/c1-10(13)2-8-14-9-7-12-5-3-11-4-6-12/h11H,2-9H2,1H3. The highest BCUT2D eigenvalue weighted by molar-refractivity contribution is 5.75. The van der Waals surface area contributed by atoms with Crippen LogP contribution in [-0.2, 0) is 9.53 Å². The molecule has 0 aliphatic carbocycles. The molecule has 0 radical (unpaired) electrons. The Labute approximate surface area is 85.6 Å². The first-order chi connectivity index (χ1) is 6.79. The molecule has 0 atom stereocenters. The highest BCUT2D eigenvalue weighted by Crippen LogP contribution is 1.92. The predicted octanol–water partition coefficient (Wildman–Crippen LogP) is -0.113. The van der Waals surface area contributed by atoms with Gasteiger partial charge in [0.15, 0.2) is 0 Å². The van der Waals surface area contributed by atoms with Gasteiger partial charge in [-0.15, -0.1) is 0 Å². The average molecular weight is 200 g/mol. The third-order valence-electron chi connectivity index (χ3n) is 2.36. The molecule has 1 heterocycles. The lowest BCUT2D eigenvalue weighted by Crippen LogP contribution is -2.44. The molecule has 82 valence electrons. The van der Waals surface area contributed by atoms with E-state index in [1.165, 1.54) is 0 Å². The number of rotatable bonds is 6. The summed E-state index contributed by atoms with van der Waals surface area (Å²) in [5, 5.41) is 3.30. The number of hydrogen-bond donors (Lipinski definition) is 1. The van der Waals surface area contributed by atoms with Crippen LogP contribution in [0.4, 0.5) is 0 Å². The second-order valence-corrected chi connectivity index (χ2v) is 3.66. The maximum absolute atomic E-state index is 10.6. The number of carbonyl (C=O) groups is 1. The highest BCUT2D eigenvalue weighted by Gasteiger charge is 2.08. The first-order valence-electron chi connectivity index (χ1n) is 5.29. The Bertz CT molecular complexity index is 168. The second-order valence-electron chi connectivity index (χ2n) is 3.66. The summed E-state index contributed by atoms with van der Waals surface area (Å²) in [5.74, 6) is 0.201. The van der Waals surface area contributed by atoms with Crippen LogP contribution in [0.5, 0.6) is 0 Å². The van der Waals surface area contributed by atoms with Crippen molar-refractivity contribution in [3.05, 3.63) is 0 Å². The maximum Gasteiger partial charge on any atom is 0.132 e. The molecule has 14 heavy (non-hydrogen) atoms. The Morgan fingerprint density at radius 2 is 2.07 bits per heavy atom. The van der Waals surface area contributed by atoms with E-state index in [0.29, 0.717) is 13.0 Å². The van der Waals surface area contributed by atoms with Gasteiger partial charge in [-0.2, -0.15) is 0 Å². The molecule has 0 aromatic heterocycles. The fourth-order valence-electron chi connectivity index (χ4n) is 1.45. The van der Waals surface area contributed by atoms with Crippen LogP contribution in [0.2, 0.25) is 0 Å². The van der Waals surface area contributed by atoms with Gasteiger partial charge in [0.05, 0.1) is 13.2 Å². The summed E-state index contributed by atoms with van der Waals surface area (Å²) in [6.45, 7) is 8.26. The summed E-state index contributed by atoms with van der Waals surface area (Å²) >= 11 is 0. The normalized spacial score (nSPS) is 18.4. The topological polar surface area (TPSA) is 41.6 Å². The molecule has 1 rings (SSSR count). The smallest absolute Gasteiger partial charge is 0.132 e. The molecule has 4 heteroatoms. The first-order valence-corrected chi connectivity index (χ1v) is 5.29. The van der Waals surface area contributed by atoms with E-state index in [1.807, 2.05) is 0 Å². The van der Waals surface area contributed by atoms with Gasteiger partial charge in [-0.25, -0.2) is 0 Å². The minimum atomic E-state index is 0.201. The van der Waals surface area contributed by atoms with Crippen molar-refractivity contribution in [2.24, 2.45) is 0 Å². The van der Waals surface area contributed by atoms with Gasteiger partial charge in [-0.1, -0.05) is 0 Å². The van der Waals surface area contributed by atoms with Crippen LogP contribution >= 0.6 is 0 Å². The zero-order valence-electron chi connectivity index (χ0n) is 8.92. The summed E-state index contributed by atoms with van der Waals surface area (Å²) in [6, 6.07) is 0. The largest absolute Gasteiger partial charge is 0.380 e. The van der Waals surface area contributed by atoms with Gasteiger partial charge < -0.3 is 10.1 Å². The third kappa shape index (κ3) is 5.32. The van der Waals surface area contributed by atoms with Crippen molar-refractivity contribution in [1.29, 1.82) is 0 Å². The maximum atomic E-state index is 10.6. The Kier molecular flexibility index (Phi) is 5.75. The zero-order valence-corrected chi connectivity index (χ0v) is 8.92. The van der Waals surface area contributed by atoms with Crippen LogP contribution in [0.3, 0.4) is 0 Å². The van der Waals surface area contributed by atoms with Crippen LogP contribution < -0.4 is 5.32 Å². The van der Waals surface area contributed by atoms with Crippen molar-refractivity contribution in [3.63, 3.8) is 0 Å². The third-order valence-corrected chi connectivity index (χ3v) is 2.36. The van der Waals surface area contributed by atoms with E-state index in [-0.39, 0.29) is 5.78 Å². The number of ether oxygens (including phenoxy) is 1. The van der Waals surface area contributed by atoms with Gasteiger partial charge in [0.25, 0.3) is 0 Å². The Morgan fingerprint density at radius 1 is 1.36 bits per heavy atom. The minimum absolute atomic E-state index is 0.201. The van der Waals surface area contributed by atoms with Crippen molar-refractivity contribution >= 4 is 5.78 Å². The van der Waals surface area contributed by atoms with Gasteiger partial charge in [0.2, 0.25) is 0 Å². The minimum Gasteiger partial charge on any atom is -0.380 e. The number of nitrogens with one attached hydrogen (secondary N) is 1. The Hall–Kier alpha value is -0.450. The summed E-state index contributed by atoms with van der Waals surface area (Å²) in [4.78, 5) is 13.0. The van der Waals surface area contributed by atoms with Crippen molar-refractivity contribution in [3.8, 4) is 0 Å². The highest BCUT2D eigenvalue weighted by atomic mass is 16.5. The van der Waals surface area contributed by atoms with Gasteiger partial charge in [0.1, 0.15) is 5.78 Å². The molecule has 1 saturated heterocycles. The molecule has 1 aliphatic rings. The van der Waals surface area contributed by atoms with E-state index in [0.717, 1.165) is 39.3 Å². The van der Waals surface area contributed by atoms with Crippen LogP contribution in [0.25, 0.3) is 0 Å². The second kappa shape index (κ2) is 6.92. The van der Waals surface area contributed by atoms with E-state index >= 15 is 0 Å². The molecule has 1 aliphatic heterocycles. The van der Waals surface area contributed by atoms with Gasteiger partial charge in [-0.05, 0) is 6.92 Å². The van der Waals surface area contributed by atoms with Gasteiger partial charge in [0, 0.05) is 39.1 Å². The average Bonchev–Trinajstić information content (AvgIpc) is 2.18.